The molecule has 24 heavy (non-hydrogen) atoms. The predicted octanol–water partition coefficient (Wildman–Crippen LogP) is 0.376. The fourth-order valence-corrected chi connectivity index (χ4v) is 3.57. The molecule has 0 bridgehead atoms. The molecule has 1 N–H and O–H groups in total. The van der Waals surface area contributed by atoms with Crippen LogP contribution < -0.4 is 10.2 Å². The highest BCUT2D eigenvalue weighted by atomic mass is 16.5. The van der Waals surface area contributed by atoms with Crippen LogP contribution in [0.1, 0.15) is 23.5 Å². The number of ether oxygens (including phenoxy) is 1. The summed E-state index contributed by atoms with van der Waals surface area (Å²) in [6.07, 6.45) is 8.82. The smallest absolute Gasteiger partial charge is 0.287 e. The predicted molar refractivity (Wildman–Crippen MR) is 86.6 cm³/mol. The minimum atomic E-state index is -0.184. The Balaban J connectivity index is 1.55. The van der Waals surface area contributed by atoms with Crippen LogP contribution in [0.3, 0.4) is 0 Å². The van der Waals surface area contributed by atoms with E-state index in [1.54, 1.807) is 42.5 Å². The number of amides is 1. The van der Waals surface area contributed by atoms with E-state index in [-0.39, 0.29) is 24.1 Å². The van der Waals surface area contributed by atoms with Crippen LogP contribution in [-0.4, -0.2) is 56.8 Å². The first-order valence-electron chi connectivity index (χ1n) is 8.17. The van der Waals surface area contributed by atoms with Crippen LogP contribution in [-0.2, 0) is 11.8 Å². The molecule has 0 radical (unpaired) electrons. The van der Waals surface area contributed by atoms with E-state index in [0.717, 1.165) is 19.4 Å². The van der Waals surface area contributed by atoms with Gasteiger partial charge in [-0.3, -0.25) is 4.79 Å². The van der Waals surface area contributed by atoms with E-state index >= 15 is 0 Å². The molecule has 2 aliphatic heterocycles. The van der Waals surface area contributed by atoms with Gasteiger partial charge < -0.3 is 19.5 Å². The maximum Gasteiger partial charge on any atom is 0.287 e. The van der Waals surface area contributed by atoms with Crippen molar-refractivity contribution in [3.05, 3.63) is 36.7 Å². The number of anilines is 1. The topological polar surface area (TPSA) is 85.2 Å². The van der Waals surface area contributed by atoms with Gasteiger partial charge in [0, 0.05) is 45.0 Å². The van der Waals surface area contributed by atoms with Gasteiger partial charge in [-0.25, -0.2) is 15.0 Å². The Morgan fingerprint density at radius 2 is 2.12 bits per heavy atom. The highest BCUT2D eigenvalue weighted by molar-refractivity contribution is 5.91. The summed E-state index contributed by atoms with van der Waals surface area (Å²) in [5, 5.41) is 3.08. The summed E-state index contributed by atoms with van der Waals surface area (Å²) in [5.41, 5.74) is 0. The van der Waals surface area contributed by atoms with Crippen molar-refractivity contribution < 1.29 is 9.53 Å². The van der Waals surface area contributed by atoms with E-state index in [1.807, 2.05) is 0 Å². The lowest BCUT2D eigenvalue weighted by molar-refractivity contribution is 0.000531. The molecule has 2 fully saturated rings. The number of carbonyl (C=O) groups excluding carboxylic acids is 1. The summed E-state index contributed by atoms with van der Waals surface area (Å²) < 4.78 is 7.69. The van der Waals surface area contributed by atoms with Gasteiger partial charge in [0.15, 0.2) is 5.82 Å². The van der Waals surface area contributed by atoms with E-state index < -0.39 is 0 Å². The standard InChI is InChI=1S/C16H20N6O2/c1-21-8-7-17-14(21)15(23)20-11-10-22(16-18-5-3-6-19-16)12-4-2-9-24-13(11)12/h3,5-8,11-13H,2,4,9-10H2,1H3,(H,20,23)/t11-,12-,13-/m1/s1. The van der Waals surface area contributed by atoms with E-state index in [9.17, 15) is 4.79 Å². The van der Waals surface area contributed by atoms with Crippen molar-refractivity contribution in [1.29, 1.82) is 0 Å². The van der Waals surface area contributed by atoms with Gasteiger partial charge >= 0.3 is 0 Å². The first kappa shape index (κ1) is 15.1. The zero-order valence-electron chi connectivity index (χ0n) is 13.5. The third-order valence-electron chi connectivity index (χ3n) is 4.67. The highest BCUT2D eigenvalue weighted by Gasteiger charge is 2.45. The fourth-order valence-electron chi connectivity index (χ4n) is 3.57. The van der Waals surface area contributed by atoms with Gasteiger partial charge in [-0.2, -0.15) is 0 Å². The molecule has 1 amide bonds. The number of fused-ring (bicyclic) bond motifs is 1. The molecule has 2 aromatic heterocycles. The van der Waals surface area contributed by atoms with Crippen LogP contribution in [0.25, 0.3) is 0 Å². The number of nitrogens with zero attached hydrogens (tertiary/aromatic N) is 5. The molecule has 0 spiro atoms. The number of carbonyl (C=O) groups is 1. The van der Waals surface area contributed by atoms with Gasteiger partial charge in [-0.15, -0.1) is 0 Å². The molecule has 2 saturated heterocycles. The summed E-state index contributed by atoms with van der Waals surface area (Å²) in [4.78, 5) is 27.5. The number of aryl methyl sites for hydroxylation is 1. The van der Waals surface area contributed by atoms with E-state index in [2.05, 4.69) is 25.2 Å². The van der Waals surface area contributed by atoms with E-state index in [0.29, 0.717) is 18.3 Å². The van der Waals surface area contributed by atoms with Crippen molar-refractivity contribution >= 4 is 11.9 Å². The molecule has 4 heterocycles. The van der Waals surface area contributed by atoms with Gasteiger partial charge in [-0.05, 0) is 18.9 Å². The first-order valence-corrected chi connectivity index (χ1v) is 8.17. The minimum Gasteiger partial charge on any atom is -0.374 e. The molecule has 2 aliphatic rings. The van der Waals surface area contributed by atoms with Crippen LogP contribution in [0, 0.1) is 0 Å². The lowest BCUT2D eigenvalue weighted by atomic mass is 10.0. The van der Waals surface area contributed by atoms with E-state index in [4.69, 9.17) is 4.74 Å². The van der Waals surface area contributed by atoms with Gasteiger partial charge in [0.1, 0.15) is 0 Å². The largest absolute Gasteiger partial charge is 0.374 e. The molecule has 2 aromatic rings. The molecule has 3 atom stereocenters. The van der Waals surface area contributed by atoms with Crippen LogP contribution in [0.2, 0.25) is 0 Å². The maximum atomic E-state index is 12.5. The first-order chi connectivity index (χ1) is 11.7. The fraction of sp³-hybridized carbons (Fsp3) is 0.500. The minimum absolute atomic E-state index is 0.0493. The summed E-state index contributed by atoms with van der Waals surface area (Å²) in [6, 6.07) is 1.88. The Kier molecular flexibility index (Phi) is 3.89. The number of imidazole rings is 1. The summed E-state index contributed by atoms with van der Waals surface area (Å²) in [6.45, 7) is 1.36. The maximum absolute atomic E-state index is 12.5. The number of hydrogen-bond acceptors (Lipinski definition) is 6. The number of aromatic nitrogens is 4. The monoisotopic (exact) mass is 328 g/mol. The molecular formula is C16H20N6O2. The van der Waals surface area contributed by atoms with Gasteiger partial charge in [0.25, 0.3) is 5.91 Å². The van der Waals surface area contributed by atoms with E-state index in [1.165, 1.54) is 0 Å². The lowest BCUT2D eigenvalue weighted by Gasteiger charge is -2.32. The molecule has 4 rings (SSSR count). The van der Waals surface area contributed by atoms with Crippen molar-refractivity contribution in [3.63, 3.8) is 0 Å². The van der Waals surface area contributed by atoms with Crippen molar-refractivity contribution in [1.82, 2.24) is 24.8 Å². The zero-order chi connectivity index (χ0) is 16.5. The Bertz CT molecular complexity index is 718. The number of rotatable bonds is 3. The molecule has 8 nitrogen and oxygen atoms in total. The lowest BCUT2D eigenvalue weighted by Crippen LogP contribution is -2.48. The second-order valence-electron chi connectivity index (χ2n) is 6.19. The Hall–Kier alpha value is -2.48. The second kappa shape index (κ2) is 6.20. The van der Waals surface area contributed by atoms with Crippen molar-refractivity contribution in [2.75, 3.05) is 18.1 Å². The molecule has 8 heteroatoms. The van der Waals surface area contributed by atoms with Gasteiger partial charge in [-0.1, -0.05) is 0 Å². The number of nitrogens with one attached hydrogen (secondary N) is 1. The molecule has 0 saturated carbocycles. The SMILES string of the molecule is Cn1ccnc1C(=O)N[C@@H]1CN(c2ncccn2)[C@@H]2CCCO[C@@H]21. The second-order valence-corrected chi connectivity index (χ2v) is 6.19. The number of hydrogen-bond donors (Lipinski definition) is 1. The summed E-state index contributed by atoms with van der Waals surface area (Å²) in [7, 11) is 1.81. The van der Waals surface area contributed by atoms with Gasteiger partial charge in [0.05, 0.1) is 18.2 Å². The summed E-state index contributed by atoms with van der Waals surface area (Å²) in [5.74, 6) is 0.903. The molecule has 0 aliphatic carbocycles. The third-order valence-corrected chi connectivity index (χ3v) is 4.67. The van der Waals surface area contributed by atoms with Gasteiger partial charge in [0.2, 0.25) is 5.95 Å². The average molecular weight is 328 g/mol. The average Bonchev–Trinajstić information content (AvgIpc) is 3.20. The quantitative estimate of drug-likeness (QED) is 0.876. The zero-order valence-corrected chi connectivity index (χ0v) is 13.5. The molecule has 126 valence electrons. The normalized spacial score (nSPS) is 26.2. The third kappa shape index (κ3) is 2.62. The van der Waals surface area contributed by atoms with Crippen molar-refractivity contribution in [2.24, 2.45) is 7.05 Å². The Morgan fingerprint density at radius 3 is 2.88 bits per heavy atom. The van der Waals surface area contributed by atoms with Crippen molar-refractivity contribution in [3.8, 4) is 0 Å². The van der Waals surface area contributed by atoms with Crippen LogP contribution in [0.15, 0.2) is 30.9 Å². The summed E-state index contributed by atoms with van der Waals surface area (Å²) >= 11 is 0. The van der Waals surface area contributed by atoms with Crippen LogP contribution in [0.4, 0.5) is 5.95 Å². The molecule has 0 aromatic carbocycles. The highest BCUT2D eigenvalue weighted by Crippen LogP contribution is 2.31. The molecular weight excluding hydrogens is 308 g/mol. The Morgan fingerprint density at radius 1 is 1.29 bits per heavy atom. The molecule has 0 unspecified atom stereocenters. The van der Waals surface area contributed by atoms with Crippen LogP contribution in [0.5, 0.6) is 0 Å². The van der Waals surface area contributed by atoms with Crippen LogP contribution >= 0.6 is 0 Å². The Labute approximate surface area is 139 Å². The van der Waals surface area contributed by atoms with Crippen molar-refractivity contribution in [2.45, 2.75) is 31.0 Å².